The zero-order valence-corrected chi connectivity index (χ0v) is 14.1. The second-order valence-electron chi connectivity index (χ2n) is 6.13. The van der Waals surface area contributed by atoms with E-state index in [9.17, 15) is 0 Å². The largest absolute Gasteiger partial charge is 0.383 e. The van der Waals surface area contributed by atoms with Gasteiger partial charge in [0.2, 0.25) is 0 Å². The smallest absolute Gasteiger partial charge is 0.0587 e. The molecule has 1 aromatic rings. The summed E-state index contributed by atoms with van der Waals surface area (Å²) in [4.78, 5) is 2.54. The van der Waals surface area contributed by atoms with Crippen molar-refractivity contribution in [3.05, 3.63) is 28.8 Å². The number of hydrogen-bond acceptors (Lipinski definition) is 3. The van der Waals surface area contributed by atoms with E-state index in [1.54, 1.807) is 7.11 Å². The predicted octanol–water partition coefficient (Wildman–Crippen LogP) is 3.70. The number of ether oxygens (including phenoxy) is 1. The monoisotopic (exact) mass is 310 g/mol. The molecule has 0 amide bonds. The van der Waals surface area contributed by atoms with E-state index >= 15 is 0 Å². The Bertz CT molecular complexity index is 452. The molecule has 0 saturated carbocycles. The Morgan fingerprint density at radius 3 is 2.90 bits per heavy atom. The second-order valence-corrected chi connectivity index (χ2v) is 6.56. The first-order valence-electron chi connectivity index (χ1n) is 7.86. The van der Waals surface area contributed by atoms with Crippen LogP contribution in [0.15, 0.2) is 18.2 Å². The minimum absolute atomic E-state index is 0.597. The minimum atomic E-state index is 0.597. The van der Waals surface area contributed by atoms with E-state index in [2.05, 4.69) is 36.2 Å². The average molecular weight is 311 g/mol. The fourth-order valence-electron chi connectivity index (χ4n) is 3.00. The molecule has 4 heteroatoms. The van der Waals surface area contributed by atoms with Gasteiger partial charge in [-0.25, -0.2) is 0 Å². The van der Waals surface area contributed by atoms with Crippen molar-refractivity contribution in [3.8, 4) is 0 Å². The number of nitrogens with one attached hydrogen (secondary N) is 1. The fourth-order valence-corrected chi connectivity index (χ4v) is 3.19. The Labute approximate surface area is 133 Å². The summed E-state index contributed by atoms with van der Waals surface area (Å²) in [6, 6.07) is 6.86. The van der Waals surface area contributed by atoms with E-state index in [1.807, 2.05) is 6.07 Å². The molecule has 1 heterocycles. The summed E-state index contributed by atoms with van der Waals surface area (Å²) in [5.74, 6) is 0.756. The lowest BCUT2D eigenvalue weighted by Gasteiger charge is -2.39. The van der Waals surface area contributed by atoms with E-state index in [0.29, 0.717) is 6.04 Å². The molecule has 2 unspecified atom stereocenters. The van der Waals surface area contributed by atoms with Crippen molar-refractivity contribution in [3.63, 3.8) is 0 Å². The highest BCUT2D eigenvalue weighted by Gasteiger charge is 2.24. The molecule has 1 N–H and O–H groups in total. The molecule has 1 saturated heterocycles. The molecule has 3 nitrogen and oxygen atoms in total. The number of piperidine rings is 1. The second kappa shape index (κ2) is 8.02. The summed E-state index contributed by atoms with van der Waals surface area (Å²) < 4.78 is 5.08. The maximum atomic E-state index is 6.19. The first-order chi connectivity index (χ1) is 10.1. The van der Waals surface area contributed by atoms with Crippen LogP contribution in [0, 0.1) is 5.92 Å². The number of halogens is 1. The van der Waals surface area contributed by atoms with Crippen molar-refractivity contribution in [2.24, 2.45) is 5.92 Å². The number of hydrogen-bond donors (Lipinski definition) is 1. The highest BCUT2D eigenvalue weighted by Crippen LogP contribution is 2.31. The molecule has 2 rings (SSSR count). The number of nitrogens with zero attached hydrogens (tertiary/aromatic N) is 1. The van der Waals surface area contributed by atoms with Gasteiger partial charge in [-0.1, -0.05) is 18.5 Å². The van der Waals surface area contributed by atoms with E-state index in [4.69, 9.17) is 16.3 Å². The van der Waals surface area contributed by atoms with Gasteiger partial charge >= 0.3 is 0 Å². The van der Waals surface area contributed by atoms with E-state index in [1.165, 1.54) is 24.1 Å². The molecule has 1 fully saturated rings. The van der Waals surface area contributed by atoms with E-state index in [-0.39, 0.29) is 0 Å². The third-order valence-electron chi connectivity index (χ3n) is 4.27. The topological polar surface area (TPSA) is 24.5 Å². The molecule has 118 valence electrons. The van der Waals surface area contributed by atoms with Crippen molar-refractivity contribution in [2.45, 2.75) is 39.3 Å². The van der Waals surface area contributed by atoms with Crippen molar-refractivity contribution >= 4 is 17.3 Å². The third kappa shape index (κ3) is 4.60. The van der Waals surface area contributed by atoms with Crippen molar-refractivity contribution < 1.29 is 4.74 Å². The summed E-state index contributed by atoms with van der Waals surface area (Å²) in [6.45, 7) is 8.21. The molecule has 21 heavy (non-hydrogen) atoms. The van der Waals surface area contributed by atoms with Crippen molar-refractivity contribution in [1.29, 1.82) is 0 Å². The van der Waals surface area contributed by atoms with Crippen LogP contribution in [0.3, 0.4) is 0 Å². The highest BCUT2D eigenvalue weighted by atomic mass is 35.5. The van der Waals surface area contributed by atoms with Crippen LogP contribution in [0.4, 0.5) is 5.69 Å². The van der Waals surface area contributed by atoms with Crippen LogP contribution in [0.25, 0.3) is 0 Å². The lowest BCUT2D eigenvalue weighted by atomic mass is 9.93. The van der Waals surface area contributed by atoms with Crippen LogP contribution in [-0.2, 0) is 11.3 Å². The Balaban J connectivity index is 2.13. The maximum Gasteiger partial charge on any atom is 0.0587 e. The van der Waals surface area contributed by atoms with E-state index < -0.39 is 0 Å². The Morgan fingerprint density at radius 1 is 1.33 bits per heavy atom. The van der Waals surface area contributed by atoms with Crippen LogP contribution >= 0.6 is 11.6 Å². The first kappa shape index (κ1) is 16.6. The van der Waals surface area contributed by atoms with Gasteiger partial charge in [0.15, 0.2) is 0 Å². The minimum Gasteiger partial charge on any atom is -0.383 e. The van der Waals surface area contributed by atoms with Gasteiger partial charge in [0.25, 0.3) is 0 Å². The summed E-state index contributed by atoms with van der Waals surface area (Å²) in [7, 11) is 1.73. The summed E-state index contributed by atoms with van der Waals surface area (Å²) in [6.07, 6.45) is 2.59. The molecule has 0 spiro atoms. The lowest BCUT2D eigenvalue weighted by Crippen LogP contribution is -2.41. The summed E-state index contributed by atoms with van der Waals surface area (Å²) >= 11 is 6.19. The first-order valence-corrected chi connectivity index (χ1v) is 8.24. The quantitative estimate of drug-likeness (QED) is 0.811. The molecule has 0 aromatic heterocycles. The van der Waals surface area contributed by atoms with Gasteiger partial charge in [0.05, 0.1) is 6.61 Å². The molecule has 1 aliphatic rings. The molecule has 2 atom stereocenters. The Hall–Kier alpha value is -0.770. The maximum absolute atomic E-state index is 6.19. The van der Waals surface area contributed by atoms with Gasteiger partial charge in [-0.15, -0.1) is 0 Å². The fraction of sp³-hybridized carbons (Fsp3) is 0.647. The van der Waals surface area contributed by atoms with Gasteiger partial charge in [-0.2, -0.15) is 0 Å². The van der Waals surface area contributed by atoms with Crippen molar-refractivity contribution in [1.82, 2.24) is 5.32 Å². The SMILES string of the molecule is COCCNCc1cc(Cl)ccc1N1CC(C)CCC1C. The lowest BCUT2D eigenvalue weighted by molar-refractivity contribution is 0.199. The van der Waals surface area contributed by atoms with Crippen LogP contribution in [0.1, 0.15) is 32.3 Å². The molecular formula is C17H27ClN2O. The number of benzene rings is 1. The summed E-state index contributed by atoms with van der Waals surface area (Å²) in [5.41, 5.74) is 2.60. The number of anilines is 1. The average Bonchev–Trinajstić information content (AvgIpc) is 2.47. The number of methoxy groups -OCH3 is 1. The standard InChI is InChI=1S/C17H27ClN2O/c1-13-4-5-14(2)20(12-13)17-7-6-16(18)10-15(17)11-19-8-9-21-3/h6-7,10,13-14,19H,4-5,8-9,11-12H2,1-3H3. The van der Waals surface area contributed by atoms with Crippen molar-refractivity contribution in [2.75, 3.05) is 31.7 Å². The molecular weight excluding hydrogens is 284 g/mol. The third-order valence-corrected chi connectivity index (χ3v) is 4.50. The van der Waals surface area contributed by atoms with Gasteiger partial charge in [-0.3, -0.25) is 0 Å². The molecule has 1 aromatic carbocycles. The highest BCUT2D eigenvalue weighted by molar-refractivity contribution is 6.30. The van der Waals surface area contributed by atoms with Gasteiger partial charge in [0.1, 0.15) is 0 Å². The van der Waals surface area contributed by atoms with Crippen LogP contribution in [0.5, 0.6) is 0 Å². The zero-order chi connectivity index (χ0) is 15.2. The van der Waals surface area contributed by atoms with Gasteiger partial charge < -0.3 is 15.0 Å². The van der Waals surface area contributed by atoms with Crippen LogP contribution in [-0.4, -0.2) is 32.8 Å². The normalized spacial score (nSPS) is 22.6. The predicted molar refractivity (Wildman–Crippen MR) is 90.2 cm³/mol. The van der Waals surface area contributed by atoms with Crippen LogP contribution in [0.2, 0.25) is 5.02 Å². The summed E-state index contributed by atoms with van der Waals surface area (Å²) in [5, 5.41) is 4.23. The van der Waals surface area contributed by atoms with Gasteiger partial charge in [-0.05, 0) is 49.4 Å². The molecule has 0 radical (unpaired) electrons. The number of rotatable bonds is 6. The van der Waals surface area contributed by atoms with E-state index in [0.717, 1.165) is 37.2 Å². The Morgan fingerprint density at radius 2 is 2.14 bits per heavy atom. The van der Waals surface area contributed by atoms with Gasteiger partial charge in [0, 0.05) is 43.5 Å². The molecule has 0 bridgehead atoms. The molecule has 1 aliphatic heterocycles. The Kier molecular flexibility index (Phi) is 6.34. The zero-order valence-electron chi connectivity index (χ0n) is 13.4. The van der Waals surface area contributed by atoms with Crippen LogP contribution < -0.4 is 10.2 Å². The molecule has 0 aliphatic carbocycles.